The molecule has 6 nitrogen and oxygen atoms in total. The Balaban J connectivity index is 1.78. The molecule has 0 aliphatic carbocycles. The summed E-state index contributed by atoms with van der Waals surface area (Å²) >= 11 is 7.38. The number of rotatable bonds is 5. The van der Waals surface area contributed by atoms with E-state index in [4.69, 9.17) is 22.3 Å². The lowest BCUT2D eigenvalue weighted by molar-refractivity contribution is -0.129. The van der Waals surface area contributed by atoms with Crippen LogP contribution in [0.4, 0.5) is 0 Å². The summed E-state index contributed by atoms with van der Waals surface area (Å²) in [6.07, 6.45) is 0.798. The zero-order valence-corrected chi connectivity index (χ0v) is 18.2. The van der Waals surface area contributed by atoms with Crippen LogP contribution < -0.4 is 11.3 Å². The number of hydrogen-bond donors (Lipinski definition) is 1. The molecule has 156 valence electrons. The maximum Gasteiger partial charge on any atom is 0.262 e. The summed E-state index contributed by atoms with van der Waals surface area (Å²) in [6.45, 7) is 3.53. The molecule has 1 aliphatic heterocycles. The first-order valence-electron chi connectivity index (χ1n) is 9.94. The van der Waals surface area contributed by atoms with Crippen LogP contribution in [0.1, 0.15) is 24.2 Å². The van der Waals surface area contributed by atoms with Gasteiger partial charge in [0.2, 0.25) is 5.91 Å². The minimum Gasteiger partial charge on any atom is -0.340 e. The lowest BCUT2D eigenvalue weighted by Crippen LogP contribution is -2.35. The Kier molecular flexibility index (Phi) is 6.13. The van der Waals surface area contributed by atoms with Gasteiger partial charge in [-0.05, 0) is 37.1 Å². The Morgan fingerprint density at radius 1 is 1.30 bits per heavy atom. The SMILES string of the molecule is CCn1c(SC(C(=O)N2CCC(N)C2)c2ccccc2)nc2ccc(Cl)cc2c1=O. The van der Waals surface area contributed by atoms with Gasteiger partial charge in [0, 0.05) is 30.7 Å². The molecule has 1 aromatic heterocycles. The van der Waals surface area contributed by atoms with E-state index < -0.39 is 5.25 Å². The second-order valence-electron chi connectivity index (χ2n) is 7.35. The third kappa shape index (κ3) is 4.10. The number of carbonyl (C=O) groups excluding carboxylic acids is 1. The molecule has 0 radical (unpaired) electrons. The van der Waals surface area contributed by atoms with Crippen LogP contribution in [-0.2, 0) is 11.3 Å². The number of amides is 1. The van der Waals surface area contributed by atoms with Crippen molar-refractivity contribution in [2.75, 3.05) is 13.1 Å². The van der Waals surface area contributed by atoms with Gasteiger partial charge in [-0.3, -0.25) is 14.2 Å². The molecule has 1 saturated heterocycles. The molecule has 30 heavy (non-hydrogen) atoms. The van der Waals surface area contributed by atoms with Gasteiger partial charge in [-0.25, -0.2) is 4.98 Å². The zero-order chi connectivity index (χ0) is 21.3. The molecule has 1 fully saturated rings. The van der Waals surface area contributed by atoms with Crippen molar-refractivity contribution in [3.05, 3.63) is 69.5 Å². The van der Waals surface area contributed by atoms with Crippen molar-refractivity contribution in [3.63, 3.8) is 0 Å². The number of aromatic nitrogens is 2. The number of nitrogens with two attached hydrogens (primary N) is 1. The Morgan fingerprint density at radius 2 is 2.07 bits per heavy atom. The topological polar surface area (TPSA) is 81.2 Å². The molecule has 2 N–H and O–H groups in total. The first-order chi connectivity index (χ1) is 14.5. The summed E-state index contributed by atoms with van der Waals surface area (Å²) in [4.78, 5) is 33.0. The number of halogens is 1. The summed E-state index contributed by atoms with van der Waals surface area (Å²) in [6, 6.07) is 14.7. The highest BCUT2D eigenvalue weighted by Crippen LogP contribution is 2.36. The molecule has 4 rings (SSSR count). The fraction of sp³-hybridized carbons (Fsp3) is 0.318. The molecular weight excluding hydrogens is 420 g/mol. The number of thioether (sulfide) groups is 1. The molecule has 1 amide bonds. The molecule has 2 atom stereocenters. The smallest absolute Gasteiger partial charge is 0.262 e. The largest absolute Gasteiger partial charge is 0.340 e. The van der Waals surface area contributed by atoms with E-state index in [-0.39, 0.29) is 17.5 Å². The predicted octanol–water partition coefficient (Wildman–Crippen LogP) is 3.46. The second kappa shape index (κ2) is 8.79. The van der Waals surface area contributed by atoms with Crippen LogP contribution in [0.2, 0.25) is 5.02 Å². The Labute approximate surface area is 184 Å². The average Bonchev–Trinajstić information content (AvgIpc) is 3.19. The fourth-order valence-corrected chi connectivity index (χ4v) is 5.11. The number of hydrogen-bond acceptors (Lipinski definition) is 5. The van der Waals surface area contributed by atoms with Crippen molar-refractivity contribution in [2.45, 2.75) is 36.3 Å². The molecule has 0 spiro atoms. The first-order valence-corrected chi connectivity index (χ1v) is 11.2. The first kappa shape index (κ1) is 20.9. The lowest BCUT2D eigenvalue weighted by atomic mass is 10.1. The van der Waals surface area contributed by atoms with Gasteiger partial charge in [-0.15, -0.1) is 0 Å². The molecule has 0 bridgehead atoms. The van der Waals surface area contributed by atoms with E-state index in [0.717, 1.165) is 12.0 Å². The lowest BCUT2D eigenvalue weighted by Gasteiger charge is -2.24. The van der Waals surface area contributed by atoms with E-state index in [1.54, 1.807) is 22.8 Å². The van der Waals surface area contributed by atoms with Crippen LogP contribution >= 0.6 is 23.4 Å². The maximum atomic E-state index is 13.4. The Morgan fingerprint density at radius 3 is 2.73 bits per heavy atom. The van der Waals surface area contributed by atoms with Crippen molar-refractivity contribution >= 4 is 40.2 Å². The monoisotopic (exact) mass is 442 g/mol. The van der Waals surface area contributed by atoms with Crippen molar-refractivity contribution in [1.29, 1.82) is 0 Å². The van der Waals surface area contributed by atoms with Crippen molar-refractivity contribution in [2.24, 2.45) is 5.73 Å². The fourth-order valence-electron chi connectivity index (χ4n) is 3.69. The standard InChI is InChI=1S/C22H23ClN4O2S/c1-2-27-20(28)17-12-15(23)8-9-18(17)25-22(27)30-19(14-6-4-3-5-7-14)21(29)26-11-10-16(24)13-26/h3-9,12,16,19H,2,10-11,13,24H2,1H3. The zero-order valence-electron chi connectivity index (χ0n) is 16.6. The van der Waals surface area contributed by atoms with E-state index in [9.17, 15) is 9.59 Å². The van der Waals surface area contributed by atoms with Crippen LogP contribution in [0.15, 0.2) is 58.5 Å². The highest BCUT2D eigenvalue weighted by atomic mass is 35.5. The number of nitrogens with zero attached hydrogens (tertiary/aromatic N) is 3. The number of fused-ring (bicyclic) bond motifs is 1. The van der Waals surface area contributed by atoms with Gasteiger partial charge in [-0.2, -0.15) is 0 Å². The normalized spacial score (nSPS) is 17.4. The van der Waals surface area contributed by atoms with Gasteiger partial charge < -0.3 is 10.6 Å². The van der Waals surface area contributed by atoms with E-state index in [1.165, 1.54) is 11.8 Å². The van der Waals surface area contributed by atoms with E-state index in [2.05, 4.69) is 0 Å². The minimum atomic E-state index is -0.508. The molecular formula is C22H23ClN4O2S. The van der Waals surface area contributed by atoms with Crippen LogP contribution in [0.25, 0.3) is 10.9 Å². The van der Waals surface area contributed by atoms with Crippen molar-refractivity contribution < 1.29 is 4.79 Å². The molecule has 2 heterocycles. The van der Waals surface area contributed by atoms with Gasteiger partial charge in [0.15, 0.2) is 5.16 Å². The predicted molar refractivity (Wildman–Crippen MR) is 121 cm³/mol. The van der Waals surface area contributed by atoms with Gasteiger partial charge in [0.05, 0.1) is 10.9 Å². The van der Waals surface area contributed by atoms with Crippen LogP contribution in [0.3, 0.4) is 0 Å². The summed E-state index contributed by atoms with van der Waals surface area (Å²) < 4.78 is 1.60. The highest BCUT2D eigenvalue weighted by molar-refractivity contribution is 8.00. The molecule has 8 heteroatoms. The van der Waals surface area contributed by atoms with Gasteiger partial charge in [0.25, 0.3) is 5.56 Å². The number of likely N-dealkylation sites (tertiary alicyclic amines) is 1. The third-order valence-electron chi connectivity index (χ3n) is 5.28. The summed E-state index contributed by atoms with van der Waals surface area (Å²) in [7, 11) is 0. The van der Waals surface area contributed by atoms with Gasteiger partial charge >= 0.3 is 0 Å². The number of benzene rings is 2. The van der Waals surface area contributed by atoms with Gasteiger partial charge in [0.1, 0.15) is 5.25 Å². The summed E-state index contributed by atoms with van der Waals surface area (Å²) in [5.41, 5.74) is 7.31. The van der Waals surface area contributed by atoms with E-state index >= 15 is 0 Å². The van der Waals surface area contributed by atoms with Crippen LogP contribution in [-0.4, -0.2) is 39.5 Å². The Hall–Kier alpha value is -2.35. The molecule has 2 unspecified atom stereocenters. The van der Waals surface area contributed by atoms with Crippen LogP contribution in [0, 0.1) is 0 Å². The molecule has 0 saturated carbocycles. The molecule has 2 aromatic carbocycles. The van der Waals surface area contributed by atoms with E-state index in [1.807, 2.05) is 42.2 Å². The minimum absolute atomic E-state index is 0.00716. The van der Waals surface area contributed by atoms with Crippen LogP contribution in [0.5, 0.6) is 0 Å². The van der Waals surface area contributed by atoms with E-state index in [0.29, 0.717) is 40.7 Å². The maximum absolute atomic E-state index is 13.4. The average molecular weight is 443 g/mol. The summed E-state index contributed by atoms with van der Waals surface area (Å²) in [5, 5.41) is 0.975. The van der Waals surface area contributed by atoms with Crippen molar-refractivity contribution in [1.82, 2.24) is 14.5 Å². The highest BCUT2D eigenvalue weighted by Gasteiger charge is 2.32. The summed E-state index contributed by atoms with van der Waals surface area (Å²) in [5.74, 6) is -0.00717. The third-order valence-corrected chi connectivity index (χ3v) is 6.75. The quantitative estimate of drug-likeness (QED) is 0.483. The number of carbonyl (C=O) groups is 1. The van der Waals surface area contributed by atoms with Crippen molar-refractivity contribution in [3.8, 4) is 0 Å². The Bertz CT molecular complexity index is 1140. The van der Waals surface area contributed by atoms with Gasteiger partial charge in [-0.1, -0.05) is 53.7 Å². The molecule has 1 aliphatic rings. The second-order valence-corrected chi connectivity index (χ2v) is 8.86. The molecule has 3 aromatic rings.